The molecule has 3 heteroatoms. The van der Waals surface area contributed by atoms with E-state index in [0.717, 1.165) is 12.0 Å². The third kappa shape index (κ3) is 1.55. The summed E-state index contributed by atoms with van der Waals surface area (Å²) in [5, 5.41) is 12.9. The maximum absolute atomic E-state index is 9.65. The monoisotopic (exact) mass is 304 g/mol. The lowest BCUT2D eigenvalue weighted by Gasteiger charge is -2.01. The summed E-state index contributed by atoms with van der Waals surface area (Å²) >= 11 is 4.03. The number of halogens is 1. The molecular weight excluding hydrogens is 295 g/mol. The fourth-order valence-corrected chi connectivity index (χ4v) is 3.23. The lowest BCUT2D eigenvalue weighted by molar-refractivity contribution is 0.470. The lowest BCUT2D eigenvalue weighted by atomic mass is 10.1. The van der Waals surface area contributed by atoms with E-state index in [2.05, 4.69) is 41.0 Å². The minimum absolute atomic E-state index is 0.423. The van der Waals surface area contributed by atoms with Crippen LogP contribution in [-0.2, 0) is 6.42 Å². The van der Waals surface area contributed by atoms with Crippen molar-refractivity contribution in [2.45, 2.75) is 13.3 Å². The van der Waals surface area contributed by atoms with E-state index in [4.69, 9.17) is 0 Å². The molecule has 0 aliphatic rings. The van der Waals surface area contributed by atoms with Gasteiger partial charge in [-0.05, 0) is 46.7 Å². The Hall–Kier alpha value is -0.290. The highest BCUT2D eigenvalue weighted by Crippen LogP contribution is 2.32. The van der Waals surface area contributed by atoms with Gasteiger partial charge in [-0.25, -0.2) is 0 Å². The highest BCUT2D eigenvalue weighted by molar-refractivity contribution is 14.1. The largest absolute Gasteiger partial charge is 0.508 e. The molecule has 2 aromatic rings. The highest BCUT2D eigenvalue weighted by Gasteiger charge is 2.05. The Labute approximate surface area is 94.5 Å². The first-order valence-electron chi connectivity index (χ1n) is 4.11. The van der Waals surface area contributed by atoms with Crippen LogP contribution in [0.1, 0.15) is 12.5 Å². The summed E-state index contributed by atoms with van der Waals surface area (Å²) < 4.78 is 2.48. The molecule has 0 spiro atoms. The van der Waals surface area contributed by atoms with Crippen molar-refractivity contribution in [2.75, 3.05) is 0 Å². The van der Waals surface area contributed by atoms with Crippen molar-refractivity contribution in [1.82, 2.24) is 0 Å². The van der Waals surface area contributed by atoms with Crippen LogP contribution < -0.4 is 0 Å². The van der Waals surface area contributed by atoms with Gasteiger partial charge in [-0.3, -0.25) is 0 Å². The van der Waals surface area contributed by atoms with Gasteiger partial charge in [-0.1, -0.05) is 6.92 Å². The molecule has 0 saturated carbocycles. The zero-order chi connectivity index (χ0) is 9.42. The maximum Gasteiger partial charge on any atom is 0.119 e. The van der Waals surface area contributed by atoms with E-state index in [0.29, 0.717) is 5.75 Å². The first-order chi connectivity index (χ1) is 6.22. The summed E-state index contributed by atoms with van der Waals surface area (Å²) in [7, 11) is 0. The fourth-order valence-electron chi connectivity index (χ4n) is 1.36. The molecule has 0 unspecified atom stereocenters. The minimum atomic E-state index is 0.423. The highest BCUT2D eigenvalue weighted by atomic mass is 127. The molecule has 0 fully saturated rings. The van der Waals surface area contributed by atoms with E-state index in [1.165, 1.54) is 13.7 Å². The summed E-state index contributed by atoms with van der Waals surface area (Å²) in [4.78, 5) is 0. The summed E-state index contributed by atoms with van der Waals surface area (Å²) in [5.41, 5.74) is 1.03. The quantitative estimate of drug-likeness (QED) is 0.795. The topological polar surface area (TPSA) is 20.2 Å². The van der Waals surface area contributed by atoms with Gasteiger partial charge in [-0.15, -0.1) is 11.3 Å². The van der Waals surface area contributed by atoms with Crippen molar-refractivity contribution < 1.29 is 5.11 Å². The smallest absolute Gasteiger partial charge is 0.119 e. The van der Waals surface area contributed by atoms with Gasteiger partial charge in [-0.2, -0.15) is 0 Å². The molecule has 2 rings (SSSR count). The van der Waals surface area contributed by atoms with Crippen LogP contribution in [0, 0.1) is 3.57 Å². The molecule has 13 heavy (non-hydrogen) atoms. The number of aromatic hydroxyl groups is 1. The summed E-state index contributed by atoms with van der Waals surface area (Å²) in [6.07, 6.45) is 0.885. The van der Waals surface area contributed by atoms with E-state index in [9.17, 15) is 5.11 Å². The van der Waals surface area contributed by atoms with Crippen molar-refractivity contribution in [3.8, 4) is 5.75 Å². The Morgan fingerprint density at radius 3 is 2.92 bits per heavy atom. The van der Waals surface area contributed by atoms with E-state index >= 15 is 0 Å². The second kappa shape index (κ2) is 3.46. The number of thiophene rings is 1. The number of phenols is 1. The first kappa shape index (κ1) is 9.27. The zero-order valence-electron chi connectivity index (χ0n) is 7.17. The summed E-state index contributed by atoms with van der Waals surface area (Å²) in [5.74, 6) is 0.423. The zero-order valence-corrected chi connectivity index (χ0v) is 10.1. The average Bonchev–Trinajstić information content (AvgIpc) is 2.47. The van der Waals surface area contributed by atoms with Crippen molar-refractivity contribution in [1.29, 1.82) is 0 Å². The second-order valence-corrected chi connectivity index (χ2v) is 4.99. The Morgan fingerprint density at radius 1 is 1.46 bits per heavy atom. The van der Waals surface area contributed by atoms with Crippen molar-refractivity contribution in [3.05, 3.63) is 26.6 Å². The summed E-state index contributed by atoms with van der Waals surface area (Å²) in [6.45, 7) is 2.06. The predicted octanol–water partition coefficient (Wildman–Crippen LogP) is 3.77. The molecular formula is C10H9IOS. The van der Waals surface area contributed by atoms with Crippen LogP contribution in [0.4, 0.5) is 0 Å². The Kier molecular flexibility index (Phi) is 2.47. The first-order valence-corrected chi connectivity index (χ1v) is 6.06. The van der Waals surface area contributed by atoms with Crippen LogP contribution in [0.5, 0.6) is 5.75 Å². The number of hydrogen-bond donors (Lipinski definition) is 1. The van der Waals surface area contributed by atoms with E-state index in [1.54, 1.807) is 11.3 Å². The van der Waals surface area contributed by atoms with E-state index in [1.807, 2.05) is 6.07 Å². The van der Waals surface area contributed by atoms with Crippen LogP contribution in [0.2, 0.25) is 0 Å². The fraction of sp³-hybridized carbons (Fsp3) is 0.200. The predicted molar refractivity (Wildman–Crippen MR) is 65.6 cm³/mol. The standard InChI is InChI=1S/C10H9IOS/c1-2-6-3-10-7(4-9(6)12)8(11)5-13-10/h3-5,12H,2H2,1H3. The molecule has 1 heterocycles. The molecule has 0 saturated heterocycles. The van der Waals surface area contributed by atoms with Gasteiger partial charge in [0.15, 0.2) is 0 Å². The second-order valence-electron chi connectivity index (χ2n) is 2.91. The molecule has 1 aromatic heterocycles. The van der Waals surface area contributed by atoms with E-state index < -0.39 is 0 Å². The molecule has 0 aliphatic carbocycles. The molecule has 0 aliphatic heterocycles. The average molecular weight is 304 g/mol. The molecule has 0 bridgehead atoms. The maximum atomic E-state index is 9.65. The number of phenolic OH excluding ortho intramolecular Hbond substituents is 1. The SMILES string of the molecule is CCc1cc2scc(I)c2cc1O. The minimum Gasteiger partial charge on any atom is -0.508 e. The van der Waals surface area contributed by atoms with Gasteiger partial charge in [0.2, 0.25) is 0 Å². The number of aryl methyl sites for hydroxylation is 1. The van der Waals surface area contributed by atoms with Crippen LogP contribution in [0.3, 0.4) is 0 Å². The normalized spacial score (nSPS) is 10.9. The molecule has 1 aromatic carbocycles. The Morgan fingerprint density at radius 2 is 2.23 bits per heavy atom. The van der Waals surface area contributed by atoms with Crippen LogP contribution in [0.25, 0.3) is 10.1 Å². The Balaban J connectivity index is 2.76. The van der Waals surface area contributed by atoms with E-state index in [-0.39, 0.29) is 0 Å². The van der Waals surface area contributed by atoms with Gasteiger partial charge >= 0.3 is 0 Å². The Bertz CT molecular complexity index is 447. The van der Waals surface area contributed by atoms with Crippen molar-refractivity contribution >= 4 is 44.0 Å². The van der Waals surface area contributed by atoms with Crippen molar-refractivity contribution in [3.63, 3.8) is 0 Å². The van der Waals surface area contributed by atoms with Crippen molar-refractivity contribution in [2.24, 2.45) is 0 Å². The molecule has 0 amide bonds. The van der Waals surface area contributed by atoms with Gasteiger partial charge in [0.05, 0.1) is 0 Å². The molecule has 68 valence electrons. The molecule has 1 N–H and O–H groups in total. The number of benzene rings is 1. The van der Waals surface area contributed by atoms with Gasteiger partial charge in [0.1, 0.15) is 5.75 Å². The van der Waals surface area contributed by atoms with Crippen LogP contribution >= 0.6 is 33.9 Å². The third-order valence-electron chi connectivity index (χ3n) is 2.11. The summed E-state index contributed by atoms with van der Waals surface area (Å²) in [6, 6.07) is 3.95. The van der Waals surface area contributed by atoms with Gasteiger partial charge < -0.3 is 5.11 Å². The van der Waals surface area contributed by atoms with Crippen LogP contribution in [-0.4, -0.2) is 5.11 Å². The molecule has 0 radical (unpaired) electrons. The molecule has 0 atom stereocenters. The van der Waals surface area contributed by atoms with Gasteiger partial charge in [0, 0.05) is 19.0 Å². The number of rotatable bonds is 1. The number of fused-ring (bicyclic) bond motifs is 1. The number of hydrogen-bond acceptors (Lipinski definition) is 2. The molecule has 1 nitrogen and oxygen atoms in total. The lowest BCUT2D eigenvalue weighted by Crippen LogP contribution is -1.80. The third-order valence-corrected chi connectivity index (χ3v) is 4.37. The van der Waals surface area contributed by atoms with Crippen LogP contribution in [0.15, 0.2) is 17.5 Å². The van der Waals surface area contributed by atoms with Gasteiger partial charge in [0.25, 0.3) is 0 Å².